The number of ether oxygens (including phenoxy) is 1. The Bertz CT molecular complexity index is 306. The lowest BCUT2D eigenvalue weighted by atomic mass is 9.85. The predicted molar refractivity (Wildman–Crippen MR) is 76.2 cm³/mol. The number of rotatable bonds is 1. The van der Waals surface area contributed by atoms with Gasteiger partial charge in [-0.3, -0.25) is 0 Å². The van der Waals surface area contributed by atoms with Crippen LogP contribution in [0.25, 0.3) is 0 Å². The van der Waals surface area contributed by atoms with E-state index >= 15 is 0 Å². The number of likely N-dealkylation sites (tertiary alicyclic amines) is 1. The zero-order valence-corrected chi connectivity index (χ0v) is 12.6. The number of amides is 1. The lowest BCUT2D eigenvalue weighted by molar-refractivity contribution is -0.000418. The molecular formula is C15H28N2O2. The summed E-state index contributed by atoms with van der Waals surface area (Å²) in [6.07, 6.45) is 5.81. The molecule has 0 aromatic carbocycles. The first-order valence-corrected chi connectivity index (χ1v) is 7.68. The van der Waals surface area contributed by atoms with Crippen molar-refractivity contribution < 1.29 is 9.53 Å². The van der Waals surface area contributed by atoms with E-state index in [4.69, 9.17) is 4.74 Å². The van der Waals surface area contributed by atoms with Gasteiger partial charge in [0.25, 0.3) is 0 Å². The molecule has 2 fully saturated rings. The molecule has 2 aliphatic rings. The van der Waals surface area contributed by atoms with Gasteiger partial charge >= 0.3 is 6.09 Å². The van der Waals surface area contributed by atoms with Crippen LogP contribution in [0.2, 0.25) is 0 Å². The zero-order chi connectivity index (χ0) is 13.9. The summed E-state index contributed by atoms with van der Waals surface area (Å²) in [7, 11) is 0. The van der Waals surface area contributed by atoms with E-state index in [1.165, 1.54) is 19.3 Å². The number of carbonyl (C=O) groups is 1. The van der Waals surface area contributed by atoms with E-state index in [2.05, 4.69) is 5.32 Å². The summed E-state index contributed by atoms with van der Waals surface area (Å²) < 4.78 is 5.56. The lowest BCUT2D eigenvalue weighted by Crippen LogP contribution is -2.52. The Hall–Kier alpha value is -0.770. The molecule has 0 aliphatic carbocycles. The quantitative estimate of drug-likeness (QED) is 0.795. The van der Waals surface area contributed by atoms with Crippen LogP contribution < -0.4 is 5.32 Å². The van der Waals surface area contributed by atoms with Gasteiger partial charge in [0.15, 0.2) is 0 Å². The molecule has 0 aromatic rings. The maximum absolute atomic E-state index is 12.4. The maximum atomic E-state index is 12.4. The second-order valence-electron chi connectivity index (χ2n) is 6.84. The Morgan fingerprint density at radius 1 is 1.21 bits per heavy atom. The van der Waals surface area contributed by atoms with Gasteiger partial charge in [0, 0.05) is 12.6 Å². The molecule has 1 amide bonds. The summed E-state index contributed by atoms with van der Waals surface area (Å²) in [6.45, 7) is 8.83. The molecule has 0 bridgehead atoms. The third-order valence-electron chi connectivity index (χ3n) is 4.06. The first kappa shape index (κ1) is 14.6. The minimum absolute atomic E-state index is 0.122. The molecule has 2 heterocycles. The molecule has 2 aliphatic heterocycles. The summed E-state index contributed by atoms with van der Waals surface area (Å²) in [5.41, 5.74) is -0.399. The molecule has 19 heavy (non-hydrogen) atoms. The van der Waals surface area contributed by atoms with E-state index in [-0.39, 0.29) is 6.09 Å². The number of nitrogens with zero attached hydrogens (tertiary/aromatic N) is 1. The van der Waals surface area contributed by atoms with Gasteiger partial charge < -0.3 is 15.0 Å². The van der Waals surface area contributed by atoms with Crippen LogP contribution in [0.3, 0.4) is 0 Å². The third kappa shape index (κ3) is 4.10. The Morgan fingerprint density at radius 3 is 2.63 bits per heavy atom. The van der Waals surface area contributed by atoms with E-state index < -0.39 is 5.60 Å². The van der Waals surface area contributed by atoms with Gasteiger partial charge in [0.05, 0.1) is 0 Å². The summed E-state index contributed by atoms with van der Waals surface area (Å²) in [5, 5.41) is 3.46. The van der Waals surface area contributed by atoms with Crippen molar-refractivity contribution in [2.45, 2.75) is 64.5 Å². The van der Waals surface area contributed by atoms with Crippen LogP contribution in [-0.2, 0) is 4.74 Å². The first-order valence-electron chi connectivity index (χ1n) is 7.68. The van der Waals surface area contributed by atoms with Crippen molar-refractivity contribution in [3.63, 3.8) is 0 Å². The standard InChI is InChI=1S/C15H28N2O2/c1-15(2,3)19-14(18)17-10-5-4-8-13(17)12-7-6-9-16-11-12/h12-13,16H,4-11H2,1-3H3/t12-,13+/m1/s1. The van der Waals surface area contributed by atoms with Crippen LogP contribution in [-0.4, -0.2) is 42.3 Å². The third-order valence-corrected chi connectivity index (χ3v) is 4.06. The molecule has 2 rings (SSSR count). The number of hydrogen-bond acceptors (Lipinski definition) is 3. The first-order chi connectivity index (χ1) is 8.97. The van der Waals surface area contributed by atoms with E-state index in [0.717, 1.165) is 32.5 Å². The molecule has 1 N–H and O–H groups in total. The summed E-state index contributed by atoms with van der Waals surface area (Å²) in [5.74, 6) is 0.599. The van der Waals surface area contributed by atoms with Gasteiger partial charge in [0.2, 0.25) is 0 Å². The van der Waals surface area contributed by atoms with E-state index in [0.29, 0.717) is 12.0 Å². The van der Waals surface area contributed by atoms with Gasteiger partial charge in [-0.25, -0.2) is 4.79 Å². The smallest absolute Gasteiger partial charge is 0.410 e. The molecule has 0 unspecified atom stereocenters. The minimum atomic E-state index is -0.399. The summed E-state index contributed by atoms with van der Waals surface area (Å²) in [6, 6.07) is 0.372. The van der Waals surface area contributed by atoms with Crippen LogP contribution >= 0.6 is 0 Å². The highest BCUT2D eigenvalue weighted by Crippen LogP contribution is 2.28. The lowest BCUT2D eigenvalue weighted by Gasteiger charge is -2.42. The van der Waals surface area contributed by atoms with Crippen molar-refractivity contribution in [3.8, 4) is 0 Å². The molecular weight excluding hydrogens is 240 g/mol. The van der Waals surface area contributed by atoms with Gasteiger partial charge in [-0.2, -0.15) is 0 Å². The zero-order valence-electron chi connectivity index (χ0n) is 12.6. The summed E-state index contributed by atoms with van der Waals surface area (Å²) in [4.78, 5) is 14.3. The molecule has 4 heteroatoms. The highest BCUT2D eigenvalue weighted by molar-refractivity contribution is 5.68. The summed E-state index contributed by atoms with van der Waals surface area (Å²) >= 11 is 0. The average Bonchev–Trinajstić information content (AvgIpc) is 2.38. The van der Waals surface area contributed by atoms with Crippen molar-refractivity contribution in [3.05, 3.63) is 0 Å². The van der Waals surface area contributed by atoms with Crippen LogP contribution in [0.4, 0.5) is 4.79 Å². The predicted octanol–water partition coefficient (Wildman–Crippen LogP) is 2.78. The molecule has 110 valence electrons. The van der Waals surface area contributed by atoms with Gasteiger partial charge in [-0.05, 0) is 71.9 Å². The SMILES string of the molecule is CC(C)(C)OC(=O)N1CCCC[C@H]1[C@@H]1CCCNC1. The van der Waals surface area contributed by atoms with Crippen LogP contribution in [0.15, 0.2) is 0 Å². The highest BCUT2D eigenvalue weighted by Gasteiger charge is 2.35. The Morgan fingerprint density at radius 2 is 2.00 bits per heavy atom. The topological polar surface area (TPSA) is 41.6 Å². The van der Waals surface area contributed by atoms with Crippen molar-refractivity contribution in [2.24, 2.45) is 5.92 Å². The van der Waals surface area contributed by atoms with Crippen LogP contribution in [0.1, 0.15) is 52.9 Å². The average molecular weight is 268 g/mol. The number of nitrogens with one attached hydrogen (secondary N) is 1. The second kappa shape index (κ2) is 6.12. The van der Waals surface area contributed by atoms with Crippen molar-refractivity contribution in [1.29, 1.82) is 0 Å². The molecule has 2 saturated heterocycles. The van der Waals surface area contributed by atoms with E-state index in [1.54, 1.807) is 0 Å². The maximum Gasteiger partial charge on any atom is 0.410 e. The fourth-order valence-electron chi connectivity index (χ4n) is 3.20. The fourth-order valence-corrected chi connectivity index (χ4v) is 3.20. The minimum Gasteiger partial charge on any atom is -0.444 e. The van der Waals surface area contributed by atoms with Crippen molar-refractivity contribution in [2.75, 3.05) is 19.6 Å². The second-order valence-corrected chi connectivity index (χ2v) is 6.84. The normalized spacial score (nSPS) is 29.1. The van der Waals surface area contributed by atoms with Crippen LogP contribution in [0, 0.1) is 5.92 Å². The molecule has 0 saturated carbocycles. The van der Waals surface area contributed by atoms with Gasteiger partial charge in [0.1, 0.15) is 5.60 Å². The largest absolute Gasteiger partial charge is 0.444 e. The van der Waals surface area contributed by atoms with Crippen LogP contribution in [0.5, 0.6) is 0 Å². The molecule has 0 spiro atoms. The Balaban J connectivity index is 2.00. The molecule has 2 atom stereocenters. The number of carbonyl (C=O) groups excluding carboxylic acids is 1. The Kier molecular flexibility index (Phi) is 4.71. The molecule has 0 aromatic heterocycles. The van der Waals surface area contributed by atoms with E-state index in [9.17, 15) is 4.79 Å². The fraction of sp³-hybridized carbons (Fsp3) is 0.933. The monoisotopic (exact) mass is 268 g/mol. The van der Waals surface area contributed by atoms with Crippen molar-refractivity contribution in [1.82, 2.24) is 10.2 Å². The van der Waals surface area contributed by atoms with Gasteiger partial charge in [-0.15, -0.1) is 0 Å². The number of hydrogen-bond donors (Lipinski definition) is 1. The molecule has 4 nitrogen and oxygen atoms in total. The number of piperidine rings is 2. The van der Waals surface area contributed by atoms with Gasteiger partial charge in [-0.1, -0.05) is 0 Å². The van der Waals surface area contributed by atoms with E-state index in [1.807, 2.05) is 25.7 Å². The highest BCUT2D eigenvalue weighted by atomic mass is 16.6. The molecule has 0 radical (unpaired) electrons. The van der Waals surface area contributed by atoms with Crippen molar-refractivity contribution >= 4 is 6.09 Å². The Labute approximate surface area is 116 Å².